The lowest BCUT2D eigenvalue weighted by atomic mass is 10.1. The molecule has 1 aromatic carbocycles. The summed E-state index contributed by atoms with van der Waals surface area (Å²) in [6, 6.07) is 6.18. The first-order valence-electron chi connectivity index (χ1n) is 7.10. The fourth-order valence-corrected chi connectivity index (χ4v) is 3.25. The van der Waals surface area contributed by atoms with Gasteiger partial charge >= 0.3 is 0 Å². The molecule has 0 spiro atoms. The van der Waals surface area contributed by atoms with Crippen molar-refractivity contribution in [3.63, 3.8) is 0 Å². The van der Waals surface area contributed by atoms with E-state index in [4.69, 9.17) is 21.7 Å². The molecule has 21 heavy (non-hydrogen) atoms. The second-order valence-corrected chi connectivity index (χ2v) is 6.15. The molecular weight excluding hydrogens is 288 g/mol. The standard InChI is InChI=1S/C15H20N2O3S/c1-8-3-9(2)5-10(4-8)16-15(21)17-11-6-19-14-12(18)7-20-13(11)14/h3-5,11-14,18H,6-7H2,1-2H3,(H2,16,17,21)/t11-,12+,13+,14+/m0/s1. The summed E-state index contributed by atoms with van der Waals surface area (Å²) in [5, 5.41) is 16.7. The SMILES string of the molecule is Cc1cc(C)cc(NC(=S)N[C@H]2CO[C@H]3[C@@H]2OC[C@H]3O)c1. The fourth-order valence-electron chi connectivity index (χ4n) is 2.99. The van der Waals surface area contributed by atoms with Crippen LogP contribution in [0, 0.1) is 13.8 Å². The Kier molecular flexibility index (Phi) is 4.12. The van der Waals surface area contributed by atoms with Gasteiger partial charge in [-0.1, -0.05) is 6.07 Å². The Hall–Kier alpha value is -1.21. The molecule has 2 saturated heterocycles. The highest BCUT2D eigenvalue weighted by Gasteiger charge is 2.47. The van der Waals surface area contributed by atoms with Crippen LogP contribution in [-0.4, -0.2) is 47.8 Å². The summed E-state index contributed by atoms with van der Waals surface area (Å²) < 4.78 is 11.1. The van der Waals surface area contributed by atoms with Crippen LogP contribution in [0.5, 0.6) is 0 Å². The summed E-state index contributed by atoms with van der Waals surface area (Å²) in [6.45, 7) is 4.92. The number of hydrogen-bond donors (Lipinski definition) is 3. The summed E-state index contributed by atoms with van der Waals surface area (Å²) in [7, 11) is 0. The maximum Gasteiger partial charge on any atom is 0.171 e. The van der Waals surface area contributed by atoms with Crippen LogP contribution < -0.4 is 10.6 Å². The number of fused-ring (bicyclic) bond motifs is 1. The van der Waals surface area contributed by atoms with Crippen molar-refractivity contribution in [2.24, 2.45) is 0 Å². The smallest absolute Gasteiger partial charge is 0.171 e. The van der Waals surface area contributed by atoms with Crippen molar-refractivity contribution < 1.29 is 14.6 Å². The normalized spacial score (nSPS) is 31.0. The fraction of sp³-hybridized carbons (Fsp3) is 0.533. The number of aliphatic hydroxyl groups excluding tert-OH is 1. The Balaban J connectivity index is 1.59. The summed E-state index contributed by atoms with van der Waals surface area (Å²) >= 11 is 5.35. The highest BCUT2D eigenvalue weighted by atomic mass is 32.1. The minimum absolute atomic E-state index is 0.0296. The van der Waals surface area contributed by atoms with Gasteiger partial charge in [-0.05, 0) is 49.3 Å². The van der Waals surface area contributed by atoms with Gasteiger partial charge in [0, 0.05) is 5.69 Å². The molecule has 0 unspecified atom stereocenters. The van der Waals surface area contributed by atoms with Crippen LogP contribution in [0.15, 0.2) is 18.2 Å². The first-order valence-corrected chi connectivity index (χ1v) is 7.51. The van der Waals surface area contributed by atoms with Crippen LogP contribution in [0.1, 0.15) is 11.1 Å². The molecule has 0 amide bonds. The molecular formula is C15H20N2O3S. The van der Waals surface area contributed by atoms with Gasteiger partial charge in [-0.2, -0.15) is 0 Å². The molecule has 3 rings (SSSR count). The first-order chi connectivity index (χ1) is 10.0. The zero-order chi connectivity index (χ0) is 15.0. The third-order valence-corrected chi connectivity index (χ3v) is 4.04. The number of anilines is 1. The average Bonchev–Trinajstić information content (AvgIpc) is 2.93. The van der Waals surface area contributed by atoms with E-state index >= 15 is 0 Å². The van der Waals surface area contributed by atoms with E-state index in [1.165, 1.54) is 11.1 Å². The van der Waals surface area contributed by atoms with E-state index < -0.39 is 6.10 Å². The molecule has 0 aliphatic carbocycles. The number of thiocarbonyl (C=S) groups is 1. The highest BCUT2D eigenvalue weighted by molar-refractivity contribution is 7.80. The van der Waals surface area contributed by atoms with Crippen molar-refractivity contribution in [3.8, 4) is 0 Å². The topological polar surface area (TPSA) is 62.8 Å². The summed E-state index contributed by atoms with van der Waals surface area (Å²) in [5.41, 5.74) is 3.34. The number of ether oxygens (including phenoxy) is 2. The largest absolute Gasteiger partial charge is 0.388 e. The molecule has 0 saturated carbocycles. The van der Waals surface area contributed by atoms with Crippen molar-refractivity contribution >= 4 is 23.0 Å². The van der Waals surface area contributed by atoms with Crippen LogP contribution >= 0.6 is 12.2 Å². The minimum Gasteiger partial charge on any atom is -0.388 e. The van der Waals surface area contributed by atoms with Gasteiger partial charge < -0.3 is 25.2 Å². The van der Waals surface area contributed by atoms with E-state index in [1.54, 1.807) is 0 Å². The molecule has 6 heteroatoms. The maximum absolute atomic E-state index is 9.72. The summed E-state index contributed by atoms with van der Waals surface area (Å²) in [6.07, 6.45) is -0.923. The number of aliphatic hydroxyl groups is 1. The van der Waals surface area contributed by atoms with E-state index in [2.05, 4.69) is 30.5 Å². The van der Waals surface area contributed by atoms with Gasteiger partial charge in [0.15, 0.2) is 5.11 Å². The van der Waals surface area contributed by atoms with Gasteiger partial charge in [0.25, 0.3) is 0 Å². The number of benzene rings is 1. The van der Waals surface area contributed by atoms with Crippen LogP contribution in [0.2, 0.25) is 0 Å². The molecule has 114 valence electrons. The maximum atomic E-state index is 9.72. The first kappa shape index (κ1) is 14.7. The predicted octanol–water partition coefficient (Wildman–Crippen LogP) is 1.12. The Bertz CT molecular complexity index is 531. The minimum atomic E-state index is -0.539. The molecule has 5 nitrogen and oxygen atoms in total. The Morgan fingerprint density at radius 3 is 2.52 bits per heavy atom. The molecule has 2 fully saturated rings. The Morgan fingerprint density at radius 2 is 1.81 bits per heavy atom. The molecule has 0 bridgehead atoms. The van der Waals surface area contributed by atoms with E-state index in [0.29, 0.717) is 18.3 Å². The molecule has 2 heterocycles. The van der Waals surface area contributed by atoms with Crippen molar-refractivity contribution in [1.82, 2.24) is 5.32 Å². The molecule has 0 aromatic heterocycles. The van der Waals surface area contributed by atoms with Gasteiger partial charge in [0.1, 0.15) is 18.3 Å². The van der Waals surface area contributed by atoms with Crippen molar-refractivity contribution in [1.29, 1.82) is 0 Å². The van der Waals surface area contributed by atoms with Crippen LogP contribution in [0.25, 0.3) is 0 Å². The van der Waals surface area contributed by atoms with Crippen molar-refractivity contribution in [2.45, 2.75) is 38.2 Å². The average molecular weight is 308 g/mol. The van der Waals surface area contributed by atoms with Gasteiger partial charge in [0.2, 0.25) is 0 Å². The summed E-state index contributed by atoms with van der Waals surface area (Å²) in [4.78, 5) is 0. The lowest BCUT2D eigenvalue weighted by molar-refractivity contribution is 0.0180. The van der Waals surface area contributed by atoms with E-state index in [9.17, 15) is 5.11 Å². The number of nitrogens with one attached hydrogen (secondary N) is 2. The van der Waals surface area contributed by atoms with Gasteiger partial charge in [-0.15, -0.1) is 0 Å². The monoisotopic (exact) mass is 308 g/mol. The van der Waals surface area contributed by atoms with E-state index in [0.717, 1.165) is 5.69 Å². The Labute approximate surface area is 129 Å². The third kappa shape index (κ3) is 3.18. The highest BCUT2D eigenvalue weighted by Crippen LogP contribution is 2.27. The van der Waals surface area contributed by atoms with Crippen LogP contribution in [0.3, 0.4) is 0 Å². The van der Waals surface area contributed by atoms with E-state index in [1.807, 2.05) is 12.1 Å². The predicted molar refractivity (Wildman–Crippen MR) is 84.5 cm³/mol. The molecule has 0 radical (unpaired) electrons. The van der Waals surface area contributed by atoms with E-state index in [-0.39, 0.29) is 18.2 Å². The van der Waals surface area contributed by atoms with Gasteiger partial charge in [-0.3, -0.25) is 0 Å². The molecule has 3 N–H and O–H groups in total. The van der Waals surface area contributed by atoms with Crippen LogP contribution in [-0.2, 0) is 9.47 Å². The van der Waals surface area contributed by atoms with Crippen LogP contribution in [0.4, 0.5) is 5.69 Å². The Morgan fingerprint density at radius 1 is 1.14 bits per heavy atom. The second-order valence-electron chi connectivity index (χ2n) is 5.74. The number of rotatable bonds is 2. The number of aryl methyl sites for hydroxylation is 2. The quantitative estimate of drug-likeness (QED) is 0.712. The molecule has 1 aromatic rings. The van der Waals surface area contributed by atoms with Crippen molar-refractivity contribution in [2.75, 3.05) is 18.5 Å². The lowest BCUT2D eigenvalue weighted by Crippen LogP contribution is -2.45. The molecule has 4 atom stereocenters. The molecule has 2 aliphatic rings. The zero-order valence-corrected chi connectivity index (χ0v) is 12.9. The zero-order valence-electron chi connectivity index (χ0n) is 12.1. The molecule has 2 aliphatic heterocycles. The van der Waals surface area contributed by atoms with Gasteiger partial charge in [-0.25, -0.2) is 0 Å². The lowest BCUT2D eigenvalue weighted by Gasteiger charge is -2.20. The van der Waals surface area contributed by atoms with Crippen molar-refractivity contribution in [3.05, 3.63) is 29.3 Å². The number of hydrogen-bond acceptors (Lipinski definition) is 4. The summed E-state index contributed by atoms with van der Waals surface area (Å²) in [5.74, 6) is 0. The third-order valence-electron chi connectivity index (χ3n) is 3.82. The second kappa shape index (κ2) is 5.88. The van der Waals surface area contributed by atoms with Gasteiger partial charge in [0.05, 0.1) is 19.3 Å².